The van der Waals surface area contributed by atoms with Crippen molar-refractivity contribution in [3.8, 4) is 5.88 Å². The summed E-state index contributed by atoms with van der Waals surface area (Å²) in [7, 11) is 0. The molecule has 1 heterocycles. The van der Waals surface area contributed by atoms with E-state index < -0.39 is 0 Å². The van der Waals surface area contributed by atoms with Crippen LogP contribution in [0.3, 0.4) is 0 Å². The van der Waals surface area contributed by atoms with Crippen LogP contribution >= 0.6 is 15.9 Å². The normalized spacial score (nSPS) is 11.0. The van der Waals surface area contributed by atoms with Crippen LogP contribution in [0.25, 0.3) is 10.9 Å². The van der Waals surface area contributed by atoms with Gasteiger partial charge in [-0.3, -0.25) is 4.68 Å². The number of alkyl halides is 1. The molecule has 114 valence electrons. The number of hydrogen-bond donors (Lipinski definition) is 0. The molecule has 0 aliphatic heterocycles. The second-order valence-electron chi connectivity index (χ2n) is 5.22. The molecule has 0 aliphatic rings. The average molecular weight is 359 g/mol. The molecular formula is C18H19BrN2O. The Bertz CT molecular complexity index is 724. The molecule has 0 fully saturated rings. The van der Waals surface area contributed by atoms with Crippen LogP contribution in [-0.4, -0.2) is 15.1 Å². The molecule has 22 heavy (non-hydrogen) atoms. The molecule has 0 spiro atoms. The van der Waals surface area contributed by atoms with Gasteiger partial charge in [-0.2, -0.15) is 0 Å². The first-order valence-corrected chi connectivity index (χ1v) is 8.69. The van der Waals surface area contributed by atoms with Crippen LogP contribution in [0.5, 0.6) is 5.88 Å². The molecule has 1 aromatic heterocycles. The summed E-state index contributed by atoms with van der Waals surface area (Å²) in [4.78, 5) is 0. The second-order valence-corrected chi connectivity index (χ2v) is 6.01. The summed E-state index contributed by atoms with van der Waals surface area (Å²) in [6, 6.07) is 18.4. The first kappa shape index (κ1) is 15.1. The molecule has 0 amide bonds. The Morgan fingerprint density at radius 2 is 1.73 bits per heavy atom. The van der Waals surface area contributed by atoms with E-state index in [0.29, 0.717) is 6.61 Å². The standard InChI is InChI=1S/C18H19BrN2O/c19-12-6-7-13-21-17-11-5-4-10-16(17)18(20-21)22-14-15-8-2-1-3-9-15/h1-5,8-11H,6-7,12-14H2. The topological polar surface area (TPSA) is 27.1 Å². The Hall–Kier alpha value is -1.81. The highest BCUT2D eigenvalue weighted by Gasteiger charge is 2.11. The zero-order valence-electron chi connectivity index (χ0n) is 12.4. The van der Waals surface area contributed by atoms with Gasteiger partial charge in [0.05, 0.1) is 10.9 Å². The predicted octanol–water partition coefficient (Wildman–Crippen LogP) is 4.79. The lowest BCUT2D eigenvalue weighted by atomic mass is 10.2. The van der Waals surface area contributed by atoms with Crippen LogP contribution in [0.1, 0.15) is 18.4 Å². The van der Waals surface area contributed by atoms with Gasteiger partial charge in [-0.15, -0.1) is 5.10 Å². The van der Waals surface area contributed by atoms with Crippen LogP contribution in [0.15, 0.2) is 54.6 Å². The smallest absolute Gasteiger partial charge is 0.241 e. The van der Waals surface area contributed by atoms with E-state index in [1.165, 1.54) is 0 Å². The van der Waals surface area contributed by atoms with Crippen molar-refractivity contribution in [3.63, 3.8) is 0 Å². The maximum Gasteiger partial charge on any atom is 0.241 e. The van der Waals surface area contributed by atoms with Crippen molar-refractivity contribution in [3.05, 3.63) is 60.2 Å². The van der Waals surface area contributed by atoms with Gasteiger partial charge in [0.2, 0.25) is 5.88 Å². The number of benzene rings is 2. The summed E-state index contributed by atoms with van der Waals surface area (Å²) in [6.45, 7) is 1.46. The van der Waals surface area contributed by atoms with Gasteiger partial charge in [0, 0.05) is 11.9 Å². The van der Waals surface area contributed by atoms with E-state index in [9.17, 15) is 0 Å². The number of hydrogen-bond acceptors (Lipinski definition) is 2. The van der Waals surface area contributed by atoms with E-state index in [0.717, 1.165) is 47.1 Å². The Kier molecular flexibility index (Phi) is 5.11. The number of aromatic nitrogens is 2. The van der Waals surface area contributed by atoms with Crippen molar-refractivity contribution in [1.82, 2.24) is 9.78 Å². The molecule has 0 atom stereocenters. The fourth-order valence-corrected chi connectivity index (χ4v) is 2.85. The highest BCUT2D eigenvalue weighted by Crippen LogP contribution is 2.25. The summed E-state index contributed by atoms with van der Waals surface area (Å²) >= 11 is 3.47. The van der Waals surface area contributed by atoms with Crippen molar-refractivity contribution in [1.29, 1.82) is 0 Å². The third-order valence-electron chi connectivity index (χ3n) is 3.60. The second kappa shape index (κ2) is 7.45. The molecular weight excluding hydrogens is 340 g/mol. The fourth-order valence-electron chi connectivity index (χ4n) is 2.46. The van der Waals surface area contributed by atoms with E-state index in [1.54, 1.807) is 0 Å². The number of unbranched alkanes of at least 4 members (excludes halogenated alkanes) is 1. The van der Waals surface area contributed by atoms with E-state index in [1.807, 2.05) is 30.3 Å². The summed E-state index contributed by atoms with van der Waals surface area (Å²) < 4.78 is 8.00. The molecule has 3 nitrogen and oxygen atoms in total. The molecule has 0 aliphatic carbocycles. The molecule has 3 rings (SSSR count). The van der Waals surface area contributed by atoms with Crippen LogP contribution < -0.4 is 4.74 Å². The zero-order valence-corrected chi connectivity index (χ0v) is 14.0. The highest BCUT2D eigenvalue weighted by atomic mass is 79.9. The third-order valence-corrected chi connectivity index (χ3v) is 4.16. The van der Waals surface area contributed by atoms with Crippen molar-refractivity contribution in [2.24, 2.45) is 0 Å². The van der Waals surface area contributed by atoms with Gasteiger partial charge in [-0.25, -0.2) is 0 Å². The zero-order chi connectivity index (χ0) is 15.2. The van der Waals surface area contributed by atoms with Crippen molar-refractivity contribution in [2.45, 2.75) is 26.0 Å². The Balaban J connectivity index is 1.80. The van der Waals surface area contributed by atoms with Crippen molar-refractivity contribution < 1.29 is 4.74 Å². The monoisotopic (exact) mass is 358 g/mol. The summed E-state index contributed by atoms with van der Waals surface area (Å²) in [6.07, 6.45) is 2.25. The van der Waals surface area contributed by atoms with Crippen LogP contribution in [0.4, 0.5) is 0 Å². The first-order chi connectivity index (χ1) is 10.9. The number of fused-ring (bicyclic) bond motifs is 1. The molecule has 0 radical (unpaired) electrons. The largest absolute Gasteiger partial charge is 0.471 e. The number of aryl methyl sites for hydroxylation is 1. The minimum atomic E-state index is 0.545. The number of ether oxygens (including phenoxy) is 1. The van der Waals surface area contributed by atoms with E-state index in [4.69, 9.17) is 4.74 Å². The van der Waals surface area contributed by atoms with E-state index in [-0.39, 0.29) is 0 Å². The molecule has 3 aromatic rings. The molecule has 0 saturated heterocycles. The van der Waals surface area contributed by atoms with Crippen LogP contribution in [-0.2, 0) is 13.2 Å². The van der Waals surface area contributed by atoms with Gasteiger partial charge in [-0.1, -0.05) is 58.4 Å². The fraction of sp³-hybridized carbons (Fsp3) is 0.278. The van der Waals surface area contributed by atoms with Crippen molar-refractivity contribution in [2.75, 3.05) is 5.33 Å². The maximum atomic E-state index is 5.95. The quantitative estimate of drug-likeness (QED) is 0.448. The van der Waals surface area contributed by atoms with Gasteiger partial charge < -0.3 is 4.74 Å². The Labute approximate surface area is 139 Å². The SMILES string of the molecule is BrCCCCn1nc(OCc2ccccc2)c2ccccc21. The van der Waals surface area contributed by atoms with Gasteiger partial charge in [0.25, 0.3) is 0 Å². The Morgan fingerprint density at radius 3 is 2.55 bits per heavy atom. The predicted molar refractivity (Wildman–Crippen MR) is 93.5 cm³/mol. The number of halogens is 1. The van der Waals surface area contributed by atoms with Gasteiger partial charge in [-0.05, 0) is 30.5 Å². The van der Waals surface area contributed by atoms with E-state index >= 15 is 0 Å². The summed E-state index contributed by atoms with van der Waals surface area (Å²) in [5.41, 5.74) is 2.29. The van der Waals surface area contributed by atoms with Crippen molar-refractivity contribution >= 4 is 26.8 Å². The summed E-state index contributed by atoms with van der Waals surface area (Å²) in [5, 5.41) is 6.77. The number of nitrogens with zero attached hydrogens (tertiary/aromatic N) is 2. The lowest BCUT2D eigenvalue weighted by molar-refractivity contribution is 0.292. The lowest BCUT2D eigenvalue weighted by Gasteiger charge is -2.03. The molecule has 0 N–H and O–H groups in total. The average Bonchev–Trinajstić information content (AvgIpc) is 2.93. The van der Waals surface area contributed by atoms with Crippen LogP contribution in [0, 0.1) is 0 Å². The maximum absolute atomic E-state index is 5.95. The Morgan fingerprint density at radius 1 is 0.955 bits per heavy atom. The number of rotatable bonds is 7. The molecule has 2 aromatic carbocycles. The molecule has 0 unspecified atom stereocenters. The first-order valence-electron chi connectivity index (χ1n) is 7.57. The molecule has 4 heteroatoms. The van der Waals surface area contributed by atoms with Gasteiger partial charge in [0.15, 0.2) is 0 Å². The summed E-state index contributed by atoms with van der Waals surface area (Å²) in [5.74, 6) is 0.721. The third kappa shape index (κ3) is 3.50. The van der Waals surface area contributed by atoms with Gasteiger partial charge >= 0.3 is 0 Å². The van der Waals surface area contributed by atoms with E-state index in [2.05, 4.69) is 50.0 Å². The van der Waals surface area contributed by atoms with Gasteiger partial charge in [0.1, 0.15) is 6.61 Å². The minimum Gasteiger partial charge on any atom is -0.471 e. The molecule has 0 saturated carbocycles. The minimum absolute atomic E-state index is 0.545. The highest BCUT2D eigenvalue weighted by molar-refractivity contribution is 9.09. The lowest BCUT2D eigenvalue weighted by Crippen LogP contribution is -2.01. The number of para-hydroxylation sites is 1. The molecule has 0 bridgehead atoms. The van der Waals surface area contributed by atoms with Crippen LogP contribution in [0.2, 0.25) is 0 Å².